The van der Waals surface area contributed by atoms with Gasteiger partial charge in [0.25, 0.3) is 0 Å². The quantitative estimate of drug-likeness (QED) is 0.502. The summed E-state index contributed by atoms with van der Waals surface area (Å²) >= 11 is 1.75. The van der Waals surface area contributed by atoms with Crippen LogP contribution >= 0.6 is 11.8 Å². The molecule has 0 amide bonds. The summed E-state index contributed by atoms with van der Waals surface area (Å²) in [5, 5.41) is 14.9. The van der Waals surface area contributed by atoms with Crippen LogP contribution in [0.15, 0.2) is 11.5 Å². The van der Waals surface area contributed by atoms with Crippen molar-refractivity contribution in [2.45, 2.75) is 31.3 Å². The van der Waals surface area contributed by atoms with E-state index >= 15 is 0 Å². The van der Waals surface area contributed by atoms with Crippen LogP contribution in [0.2, 0.25) is 0 Å². The summed E-state index contributed by atoms with van der Waals surface area (Å²) < 4.78 is 4.05. The summed E-state index contributed by atoms with van der Waals surface area (Å²) in [5.74, 6) is 1.01. The Kier molecular flexibility index (Phi) is 4.02. The van der Waals surface area contributed by atoms with E-state index in [1.807, 2.05) is 0 Å². The van der Waals surface area contributed by atoms with Crippen LogP contribution < -0.4 is 4.90 Å². The van der Waals surface area contributed by atoms with E-state index in [1.54, 1.807) is 22.6 Å². The van der Waals surface area contributed by atoms with Crippen LogP contribution in [0.3, 0.4) is 0 Å². The van der Waals surface area contributed by atoms with Crippen LogP contribution in [0.5, 0.6) is 0 Å². The van der Waals surface area contributed by atoms with E-state index in [4.69, 9.17) is 0 Å². The van der Waals surface area contributed by atoms with Crippen LogP contribution in [0.4, 0.5) is 4.56 Å². The summed E-state index contributed by atoms with van der Waals surface area (Å²) in [4.78, 5) is 11.6. The first-order chi connectivity index (χ1) is 11.3. The SMILES string of the molecule is CCCSc1nc2c3[se]c(N4CCCC4)c(C#N)c3ncn2n1. The van der Waals surface area contributed by atoms with Crippen molar-refractivity contribution < 1.29 is 0 Å². The number of nitriles is 1. The molecule has 4 rings (SSSR count). The number of hydrogen-bond acceptors (Lipinski definition) is 6. The zero-order valence-corrected chi connectivity index (χ0v) is 15.3. The molecule has 0 atom stereocenters. The van der Waals surface area contributed by atoms with Gasteiger partial charge >= 0.3 is 144 Å². The van der Waals surface area contributed by atoms with E-state index in [-0.39, 0.29) is 14.5 Å². The molecule has 4 heterocycles. The third-order valence-electron chi connectivity index (χ3n) is 3.92. The molecule has 6 nitrogen and oxygen atoms in total. The Morgan fingerprint density at radius 3 is 2.96 bits per heavy atom. The molecular formula is C15H16N6SSe. The van der Waals surface area contributed by atoms with Crippen molar-refractivity contribution in [3.8, 4) is 6.07 Å². The third kappa shape index (κ3) is 2.53. The average molecular weight is 391 g/mol. The maximum absolute atomic E-state index is 9.63. The first kappa shape index (κ1) is 15.0. The monoisotopic (exact) mass is 392 g/mol. The van der Waals surface area contributed by atoms with Crippen LogP contribution in [0.1, 0.15) is 31.7 Å². The van der Waals surface area contributed by atoms with Gasteiger partial charge in [-0.25, -0.2) is 0 Å². The number of nitrogens with zero attached hydrogens (tertiary/aromatic N) is 6. The van der Waals surface area contributed by atoms with Crippen LogP contribution in [0.25, 0.3) is 15.4 Å². The fraction of sp³-hybridized carbons (Fsp3) is 0.467. The molecule has 1 aliphatic heterocycles. The molecule has 0 saturated carbocycles. The molecule has 3 aromatic heterocycles. The molecule has 1 saturated heterocycles. The van der Waals surface area contributed by atoms with Gasteiger partial charge in [-0.05, 0) is 0 Å². The molecule has 0 spiro atoms. The van der Waals surface area contributed by atoms with Gasteiger partial charge < -0.3 is 0 Å². The molecule has 0 aromatic carbocycles. The fourth-order valence-electron chi connectivity index (χ4n) is 2.84. The Balaban J connectivity index is 1.88. The van der Waals surface area contributed by atoms with Gasteiger partial charge in [-0.1, -0.05) is 0 Å². The molecular weight excluding hydrogens is 375 g/mol. The van der Waals surface area contributed by atoms with Gasteiger partial charge in [-0.3, -0.25) is 0 Å². The van der Waals surface area contributed by atoms with Gasteiger partial charge in [-0.15, -0.1) is 0 Å². The molecule has 8 heteroatoms. The van der Waals surface area contributed by atoms with E-state index in [1.165, 1.54) is 17.4 Å². The van der Waals surface area contributed by atoms with Crippen molar-refractivity contribution in [1.29, 1.82) is 5.26 Å². The minimum atomic E-state index is 0.0833. The van der Waals surface area contributed by atoms with E-state index in [9.17, 15) is 5.26 Å². The van der Waals surface area contributed by atoms with Crippen molar-refractivity contribution in [3.05, 3.63) is 11.9 Å². The summed E-state index contributed by atoms with van der Waals surface area (Å²) in [6, 6.07) is 2.38. The second-order valence-electron chi connectivity index (χ2n) is 5.52. The Hall–Kier alpha value is -1.55. The topological polar surface area (TPSA) is 70.1 Å². The normalized spacial score (nSPS) is 14.9. The predicted molar refractivity (Wildman–Crippen MR) is 92.4 cm³/mol. The minimum absolute atomic E-state index is 0.0833. The van der Waals surface area contributed by atoms with Gasteiger partial charge in [0.15, 0.2) is 0 Å². The van der Waals surface area contributed by atoms with Crippen molar-refractivity contribution in [3.63, 3.8) is 0 Å². The molecule has 0 bridgehead atoms. The Morgan fingerprint density at radius 2 is 2.22 bits per heavy atom. The average Bonchev–Trinajstić information content (AvgIpc) is 3.27. The Morgan fingerprint density at radius 1 is 1.39 bits per heavy atom. The van der Waals surface area contributed by atoms with E-state index in [0.29, 0.717) is 0 Å². The fourth-order valence-corrected chi connectivity index (χ4v) is 6.10. The molecule has 1 fully saturated rings. The molecule has 0 unspecified atom stereocenters. The Labute approximate surface area is 144 Å². The van der Waals surface area contributed by atoms with E-state index < -0.39 is 0 Å². The van der Waals surface area contributed by atoms with Gasteiger partial charge in [0.05, 0.1) is 0 Å². The molecule has 1 aliphatic rings. The molecule has 0 radical (unpaired) electrons. The van der Waals surface area contributed by atoms with Gasteiger partial charge in [-0.2, -0.15) is 0 Å². The maximum atomic E-state index is 9.63. The molecule has 0 aliphatic carbocycles. The van der Waals surface area contributed by atoms with Crippen LogP contribution in [0, 0.1) is 11.3 Å². The molecule has 3 aromatic rings. The van der Waals surface area contributed by atoms with E-state index in [2.05, 4.69) is 33.0 Å². The van der Waals surface area contributed by atoms with Gasteiger partial charge in [0.1, 0.15) is 0 Å². The first-order valence-electron chi connectivity index (χ1n) is 7.77. The van der Waals surface area contributed by atoms with Crippen LogP contribution in [-0.2, 0) is 0 Å². The number of anilines is 1. The second-order valence-corrected chi connectivity index (χ2v) is 8.68. The molecule has 0 N–H and O–H groups in total. The van der Waals surface area contributed by atoms with Gasteiger partial charge in [0, 0.05) is 0 Å². The van der Waals surface area contributed by atoms with Crippen molar-refractivity contribution in [1.82, 2.24) is 19.6 Å². The molecule has 23 heavy (non-hydrogen) atoms. The number of hydrogen-bond donors (Lipinski definition) is 0. The predicted octanol–water partition coefficient (Wildman–Crippen LogP) is 2.31. The Bertz CT molecular complexity index is 902. The zero-order valence-electron chi connectivity index (χ0n) is 12.8. The number of aromatic nitrogens is 4. The van der Waals surface area contributed by atoms with Crippen LogP contribution in [-0.4, -0.2) is 52.9 Å². The third-order valence-corrected chi connectivity index (χ3v) is 7.55. The number of thioether (sulfide) groups is 1. The first-order valence-corrected chi connectivity index (χ1v) is 10.5. The van der Waals surface area contributed by atoms with Crippen molar-refractivity contribution in [2.75, 3.05) is 23.7 Å². The van der Waals surface area contributed by atoms with Crippen molar-refractivity contribution >= 4 is 46.3 Å². The second kappa shape index (κ2) is 6.16. The van der Waals surface area contributed by atoms with Gasteiger partial charge in [0.2, 0.25) is 0 Å². The summed E-state index contributed by atoms with van der Waals surface area (Å²) in [7, 11) is 0. The molecule has 118 valence electrons. The number of rotatable bonds is 4. The standard InChI is InChI=1S/C15H16N6SSe/c1-2-7-22-15-18-13-12-11(17-9-21(13)19-15)10(8-16)14(23-12)20-5-3-4-6-20/h9H,2-7H2,1H3. The number of fused-ring (bicyclic) bond motifs is 3. The summed E-state index contributed by atoms with van der Waals surface area (Å²) in [5.41, 5.74) is 2.44. The van der Waals surface area contributed by atoms with E-state index in [0.717, 1.165) is 51.4 Å². The van der Waals surface area contributed by atoms with Crippen molar-refractivity contribution in [2.24, 2.45) is 0 Å². The summed E-state index contributed by atoms with van der Waals surface area (Å²) in [6.07, 6.45) is 5.21. The summed E-state index contributed by atoms with van der Waals surface area (Å²) in [6.45, 7) is 4.25. The zero-order chi connectivity index (χ0) is 15.8.